The quantitative estimate of drug-likeness (QED) is 0.451. The van der Waals surface area contributed by atoms with Crippen LogP contribution in [0.1, 0.15) is 0 Å². The second-order valence-corrected chi connectivity index (χ2v) is 5.63. The Balaban J connectivity index is 1.96. The molecule has 2 unspecified atom stereocenters. The van der Waals surface area contributed by atoms with E-state index in [1.807, 2.05) is 0 Å². The summed E-state index contributed by atoms with van der Waals surface area (Å²) in [6, 6.07) is 1.49. The Morgan fingerprint density at radius 3 is 2.88 bits per heavy atom. The Bertz CT molecular complexity index is 525. The number of nitrogens with zero attached hydrogens (tertiary/aromatic N) is 3. The summed E-state index contributed by atoms with van der Waals surface area (Å²) in [5, 5.41) is 0. The Morgan fingerprint density at radius 1 is 1.59 bits per heavy atom. The second kappa shape index (κ2) is 4.23. The molecule has 1 saturated heterocycles. The van der Waals surface area contributed by atoms with Crippen molar-refractivity contribution < 1.29 is 14.4 Å². The molecule has 2 heterocycles. The van der Waals surface area contributed by atoms with Crippen molar-refractivity contribution in [1.29, 1.82) is 0 Å². The zero-order valence-corrected chi connectivity index (χ0v) is 9.82. The van der Waals surface area contributed by atoms with Crippen molar-refractivity contribution in [1.82, 2.24) is 14.5 Å². The smallest absolute Gasteiger partial charge is 0.349 e. The summed E-state index contributed by atoms with van der Waals surface area (Å²) in [4.78, 5) is 34.1. The first-order valence-corrected chi connectivity index (χ1v) is 6.76. The first kappa shape index (κ1) is 12.3. The minimum atomic E-state index is -4.02. The zero-order valence-electron chi connectivity index (χ0n) is 8.93. The third-order valence-corrected chi connectivity index (χ3v) is 3.23. The molecule has 1 fully saturated rings. The van der Waals surface area contributed by atoms with Gasteiger partial charge in [0.1, 0.15) is 12.1 Å². The van der Waals surface area contributed by atoms with Crippen molar-refractivity contribution >= 4 is 13.4 Å². The molecule has 0 spiro atoms. The van der Waals surface area contributed by atoms with E-state index in [1.165, 1.54) is 16.8 Å². The highest BCUT2D eigenvalue weighted by molar-refractivity contribution is 7.51. The van der Waals surface area contributed by atoms with Gasteiger partial charge in [-0.15, -0.1) is 0 Å². The van der Waals surface area contributed by atoms with Crippen molar-refractivity contribution in [3.05, 3.63) is 22.7 Å². The summed E-state index contributed by atoms with van der Waals surface area (Å²) >= 11 is 0. The lowest BCUT2D eigenvalue weighted by Gasteiger charge is -2.07. The van der Waals surface area contributed by atoms with Crippen LogP contribution in [0.3, 0.4) is 0 Å². The monoisotopic (exact) mass is 260 g/mol. The molecule has 2 rings (SSSR count). The molecule has 1 aliphatic rings. The van der Waals surface area contributed by atoms with Gasteiger partial charge in [-0.3, -0.25) is 14.0 Å². The lowest BCUT2D eigenvalue weighted by molar-refractivity contribution is 0.352. The van der Waals surface area contributed by atoms with Gasteiger partial charge in [0.15, 0.2) is 0 Å². The fourth-order valence-corrected chi connectivity index (χ4v) is 2.43. The van der Waals surface area contributed by atoms with Crippen LogP contribution in [0, 0.1) is 0 Å². The Labute approximate surface area is 96.8 Å². The van der Waals surface area contributed by atoms with Gasteiger partial charge in [-0.2, -0.15) is 4.98 Å². The van der Waals surface area contributed by atoms with E-state index in [-0.39, 0.29) is 18.1 Å². The van der Waals surface area contributed by atoms with E-state index < -0.39 is 13.3 Å². The van der Waals surface area contributed by atoms with Gasteiger partial charge >= 0.3 is 13.3 Å². The average molecular weight is 260 g/mol. The highest BCUT2D eigenvalue weighted by Crippen LogP contribution is 2.39. The number of hydrogen-bond donors (Lipinski definition) is 3. The topological polar surface area (TPSA) is 121 Å². The number of nitrogens with two attached hydrogens (primary N) is 1. The standard InChI is InChI=1S/C8H13N4O4P/c9-7-1-2-11(8(13)10-7)3-6-4-12(6)5-17(14,15)16/h1-2,6H,3-5H2,(H2,9,10,13)(H2,14,15,16). The first-order valence-electron chi connectivity index (χ1n) is 4.97. The lowest BCUT2D eigenvalue weighted by Crippen LogP contribution is -2.26. The molecule has 0 bridgehead atoms. The second-order valence-electron chi connectivity index (χ2n) is 4.02. The molecule has 2 atom stereocenters. The van der Waals surface area contributed by atoms with E-state index in [4.69, 9.17) is 15.5 Å². The minimum absolute atomic E-state index is 0.0225. The van der Waals surface area contributed by atoms with Gasteiger partial charge in [-0.05, 0) is 6.07 Å². The largest absolute Gasteiger partial charge is 0.383 e. The van der Waals surface area contributed by atoms with Crippen LogP contribution in [0.2, 0.25) is 0 Å². The average Bonchev–Trinajstić information content (AvgIpc) is 2.86. The summed E-state index contributed by atoms with van der Waals surface area (Å²) < 4.78 is 12.1. The molecule has 0 amide bonds. The van der Waals surface area contributed by atoms with Crippen molar-refractivity contribution in [2.75, 3.05) is 18.6 Å². The third kappa shape index (κ3) is 3.37. The number of hydrogen-bond acceptors (Lipinski definition) is 5. The summed E-state index contributed by atoms with van der Waals surface area (Å²) in [6.07, 6.45) is 1.26. The van der Waals surface area contributed by atoms with Crippen LogP contribution < -0.4 is 11.4 Å². The molecule has 1 aromatic heterocycles. The fourth-order valence-electron chi connectivity index (χ4n) is 1.61. The molecule has 4 N–H and O–H groups in total. The first-order chi connectivity index (χ1) is 7.85. The Kier molecular flexibility index (Phi) is 3.05. The molecular formula is C8H13N4O4P. The molecule has 9 heteroatoms. The van der Waals surface area contributed by atoms with E-state index >= 15 is 0 Å². The van der Waals surface area contributed by atoms with Gasteiger partial charge < -0.3 is 15.5 Å². The molecule has 17 heavy (non-hydrogen) atoms. The van der Waals surface area contributed by atoms with Crippen LogP contribution in [0.25, 0.3) is 0 Å². The van der Waals surface area contributed by atoms with Crippen LogP contribution in [-0.2, 0) is 11.1 Å². The van der Waals surface area contributed by atoms with Gasteiger partial charge in [0.25, 0.3) is 0 Å². The Morgan fingerprint density at radius 2 is 2.29 bits per heavy atom. The summed E-state index contributed by atoms with van der Waals surface area (Å²) in [6.45, 7) is 0.939. The van der Waals surface area contributed by atoms with Crippen molar-refractivity contribution in [2.45, 2.75) is 12.6 Å². The molecule has 0 saturated carbocycles. The summed E-state index contributed by atoms with van der Waals surface area (Å²) in [7, 11) is -4.02. The van der Waals surface area contributed by atoms with Gasteiger partial charge in [0.2, 0.25) is 0 Å². The number of nitrogen functional groups attached to an aromatic ring is 1. The molecule has 94 valence electrons. The van der Waals surface area contributed by atoms with E-state index in [2.05, 4.69) is 4.98 Å². The third-order valence-electron chi connectivity index (χ3n) is 2.50. The molecule has 0 aromatic carbocycles. The van der Waals surface area contributed by atoms with Crippen LogP contribution in [0.5, 0.6) is 0 Å². The maximum Gasteiger partial charge on any atom is 0.349 e. The number of aromatic nitrogens is 2. The van der Waals surface area contributed by atoms with E-state index in [0.29, 0.717) is 13.1 Å². The van der Waals surface area contributed by atoms with Crippen molar-refractivity contribution in [2.24, 2.45) is 0 Å². The van der Waals surface area contributed by atoms with Gasteiger partial charge in [-0.1, -0.05) is 0 Å². The maximum atomic E-state index is 11.4. The maximum absolute atomic E-state index is 11.4. The Hall–Kier alpha value is -1.21. The minimum Gasteiger partial charge on any atom is -0.383 e. The van der Waals surface area contributed by atoms with Crippen LogP contribution in [0.15, 0.2) is 17.1 Å². The van der Waals surface area contributed by atoms with Gasteiger partial charge in [0.05, 0.1) is 0 Å². The molecular weight excluding hydrogens is 247 g/mol. The van der Waals surface area contributed by atoms with Crippen LogP contribution in [0.4, 0.5) is 5.82 Å². The van der Waals surface area contributed by atoms with E-state index in [9.17, 15) is 9.36 Å². The van der Waals surface area contributed by atoms with Crippen molar-refractivity contribution in [3.63, 3.8) is 0 Å². The zero-order chi connectivity index (χ0) is 12.6. The summed E-state index contributed by atoms with van der Waals surface area (Å²) in [5.41, 5.74) is 4.90. The molecule has 1 aromatic rings. The highest BCUT2D eigenvalue weighted by atomic mass is 31.2. The normalized spacial score (nSPS) is 23.6. The van der Waals surface area contributed by atoms with Gasteiger partial charge in [-0.25, -0.2) is 4.79 Å². The highest BCUT2D eigenvalue weighted by Gasteiger charge is 2.38. The predicted molar refractivity (Wildman–Crippen MR) is 60.3 cm³/mol. The lowest BCUT2D eigenvalue weighted by atomic mass is 10.4. The molecule has 0 radical (unpaired) electrons. The summed E-state index contributed by atoms with van der Waals surface area (Å²) in [5.74, 6) is 0.161. The number of rotatable bonds is 4. The van der Waals surface area contributed by atoms with E-state index in [1.54, 1.807) is 4.90 Å². The van der Waals surface area contributed by atoms with Crippen LogP contribution >= 0.6 is 7.60 Å². The molecule has 8 nitrogen and oxygen atoms in total. The van der Waals surface area contributed by atoms with Crippen LogP contribution in [-0.4, -0.2) is 43.1 Å². The molecule has 0 aliphatic carbocycles. The fraction of sp³-hybridized carbons (Fsp3) is 0.500. The number of anilines is 1. The van der Waals surface area contributed by atoms with Crippen molar-refractivity contribution in [3.8, 4) is 0 Å². The molecule has 1 aliphatic heterocycles. The predicted octanol–water partition coefficient (Wildman–Crippen LogP) is -1.36. The van der Waals surface area contributed by atoms with E-state index in [0.717, 1.165) is 0 Å². The SMILES string of the molecule is Nc1ccn(CC2CN2CP(=O)(O)O)c(=O)n1. The van der Waals surface area contributed by atoms with Gasteiger partial charge in [0, 0.05) is 25.3 Å².